The van der Waals surface area contributed by atoms with Gasteiger partial charge in [0.2, 0.25) is 5.91 Å². The van der Waals surface area contributed by atoms with Gasteiger partial charge in [-0.2, -0.15) is 0 Å². The fraction of sp³-hybridized carbons (Fsp3) is 0.250. The summed E-state index contributed by atoms with van der Waals surface area (Å²) in [5.74, 6) is -2.32. The summed E-state index contributed by atoms with van der Waals surface area (Å²) in [5.41, 5.74) is 0.852. The van der Waals surface area contributed by atoms with Crippen molar-refractivity contribution in [2.75, 3.05) is 6.54 Å². The number of carbonyl (C=O) groups is 3. The van der Waals surface area contributed by atoms with Crippen molar-refractivity contribution in [2.45, 2.75) is 19.4 Å². The van der Waals surface area contributed by atoms with Crippen LogP contribution in [0.4, 0.5) is 0 Å². The molecule has 2 amide bonds. The molecule has 1 heterocycles. The smallest absolute Gasteiger partial charge is 0.266 e. The molecule has 1 fully saturated rings. The lowest BCUT2D eigenvalue weighted by Crippen LogP contribution is -2.50. The van der Waals surface area contributed by atoms with Gasteiger partial charge in [0, 0.05) is 0 Å². The Morgan fingerprint density at radius 2 is 2.04 bits per heavy atom. The predicted octanol–water partition coefficient (Wildman–Crippen LogP) is 0.532. The number of nitrogens with one attached hydrogen (secondary N) is 1. The van der Waals surface area contributed by atoms with Crippen LogP contribution in [0.2, 0.25) is 0 Å². The van der Waals surface area contributed by atoms with Gasteiger partial charge in [-0.3, -0.25) is 14.5 Å². The van der Waals surface area contributed by atoms with E-state index in [4.69, 9.17) is 12.2 Å². The van der Waals surface area contributed by atoms with Gasteiger partial charge in [0.25, 0.3) is 5.91 Å². The topological polar surface area (TPSA) is 89.5 Å². The monoisotopic (exact) mass is 363 g/mol. The fourth-order valence-corrected chi connectivity index (χ4v) is 3.30. The Kier molecular flexibility index (Phi) is 6.10. The van der Waals surface area contributed by atoms with Crippen molar-refractivity contribution in [1.29, 1.82) is 0 Å². The summed E-state index contributed by atoms with van der Waals surface area (Å²) in [6, 6.07) is 8.19. The zero-order chi connectivity index (χ0) is 17.7. The molecule has 0 aromatic heterocycles. The first-order valence-corrected chi connectivity index (χ1v) is 8.45. The molecule has 2 rings (SSSR count). The summed E-state index contributed by atoms with van der Waals surface area (Å²) in [6.45, 7) is 1.30. The largest absolute Gasteiger partial charge is 0.548 e. The molecule has 0 aliphatic carbocycles. The highest BCUT2D eigenvalue weighted by atomic mass is 32.2. The van der Waals surface area contributed by atoms with Gasteiger partial charge in [-0.25, -0.2) is 0 Å². The van der Waals surface area contributed by atoms with Crippen molar-refractivity contribution in [1.82, 2.24) is 10.2 Å². The first-order valence-electron chi connectivity index (χ1n) is 7.23. The maximum Gasteiger partial charge on any atom is 0.266 e. The highest BCUT2D eigenvalue weighted by molar-refractivity contribution is 8.26. The van der Waals surface area contributed by atoms with E-state index in [1.165, 1.54) is 0 Å². The summed E-state index contributed by atoms with van der Waals surface area (Å²) < 4.78 is 0.263. The van der Waals surface area contributed by atoms with Gasteiger partial charge < -0.3 is 15.2 Å². The second kappa shape index (κ2) is 8.07. The van der Waals surface area contributed by atoms with Gasteiger partial charge in [-0.1, -0.05) is 61.2 Å². The third-order valence-electron chi connectivity index (χ3n) is 3.30. The minimum absolute atomic E-state index is 0.195. The first kappa shape index (κ1) is 18.2. The van der Waals surface area contributed by atoms with E-state index >= 15 is 0 Å². The third-order valence-corrected chi connectivity index (χ3v) is 4.68. The molecule has 24 heavy (non-hydrogen) atoms. The van der Waals surface area contributed by atoms with Gasteiger partial charge in [-0.15, -0.1) is 0 Å². The molecule has 1 N–H and O–H groups in total. The minimum atomic E-state index is -1.36. The van der Waals surface area contributed by atoms with Crippen molar-refractivity contribution in [3.05, 3.63) is 40.8 Å². The fourth-order valence-electron chi connectivity index (χ4n) is 2.05. The van der Waals surface area contributed by atoms with Gasteiger partial charge in [0.05, 0.1) is 16.9 Å². The van der Waals surface area contributed by atoms with Crippen LogP contribution in [0.15, 0.2) is 35.2 Å². The average Bonchev–Trinajstić information content (AvgIpc) is 2.81. The molecule has 1 aromatic carbocycles. The number of hydrogen-bond donors (Lipinski definition) is 1. The third kappa shape index (κ3) is 4.42. The van der Waals surface area contributed by atoms with E-state index in [0.717, 1.165) is 22.2 Å². The van der Waals surface area contributed by atoms with E-state index in [2.05, 4.69) is 5.32 Å². The number of amides is 2. The lowest BCUT2D eigenvalue weighted by atomic mass is 10.2. The Morgan fingerprint density at radius 3 is 2.62 bits per heavy atom. The van der Waals surface area contributed by atoms with Crippen molar-refractivity contribution in [2.24, 2.45) is 0 Å². The average molecular weight is 363 g/mol. The standard InChI is InChI=1S/C16H16N2O4S2/c1-2-11(15(21)22)17-13(19)9-18-14(20)12(24-16(18)23)8-10-6-4-3-5-7-10/h3-8,11H,2,9H2,1H3,(H,17,19)(H,21,22)/p-1/b12-8-/t11-/m1/s1. The second-order valence-electron chi connectivity index (χ2n) is 5.03. The summed E-state index contributed by atoms with van der Waals surface area (Å²) >= 11 is 6.25. The van der Waals surface area contributed by atoms with E-state index in [1.54, 1.807) is 13.0 Å². The quantitative estimate of drug-likeness (QED) is 0.586. The van der Waals surface area contributed by atoms with Crippen molar-refractivity contribution in [3.63, 3.8) is 0 Å². The van der Waals surface area contributed by atoms with E-state index in [0.29, 0.717) is 4.91 Å². The van der Waals surface area contributed by atoms with Crippen LogP contribution in [0.1, 0.15) is 18.9 Å². The Balaban J connectivity index is 2.05. The van der Waals surface area contributed by atoms with Crippen LogP contribution < -0.4 is 10.4 Å². The van der Waals surface area contributed by atoms with Crippen LogP contribution in [0.5, 0.6) is 0 Å². The van der Waals surface area contributed by atoms with E-state index in [9.17, 15) is 19.5 Å². The Hall–Kier alpha value is -2.19. The number of nitrogens with zero attached hydrogens (tertiary/aromatic N) is 1. The maximum absolute atomic E-state index is 12.4. The molecule has 126 valence electrons. The van der Waals surface area contributed by atoms with Crippen molar-refractivity contribution in [3.8, 4) is 0 Å². The van der Waals surface area contributed by atoms with Crippen molar-refractivity contribution < 1.29 is 19.5 Å². The molecule has 0 radical (unpaired) electrons. The summed E-state index contributed by atoms with van der Waals surface area (Å²) in [7, 11) is 0. The zero-order valence-electron chi connectivity index (χ0n) is 12.9. The van der Waals surface area contributed by atoms with Gasteiger partial charge in [0.1, 0.15) is 10.9 Å². The molecule has 8 heteroatoms. The van der Waals surface area contributed by atoms with Crippen LogP contribution in [-0.4, -0.2) is 39.6 Å². The zero-order valence-corrected chi connectivity index (χ0v) is 14.5. The molecule has 1 aliphatic heterocycles. The number of benzene rings is 1. The van der Waals surface area contributed by atoms with Crippen LogP contribution in [0.25, 0.3) is 6.08 Å². The molecule has 1 aromatic rings. The van der Waals surface area contributed by atoms with E-state index in [-0.39, 0.29) is 23.2 Å². The Bertz CT molecular complexity index is 703. The molecule has 0 bridgehead atoms. The number of carboxylic acid groups (broad SMARTS) is 1. The Morgan fingerprint density at radius 1 is 1.38 bits per heavy atom. The molecular weight excluding hydrogens is 348 g/mol. The first-order chi connectivity index (χ1) is 11.4. The summed E-state index contributed by atoms with van der Waals surface area (Å²) in [6.07, 6.45) is 1.90. The van der Waals surface area contributed by atoms with E-state index in [1.807, 2.05) is 30.3 Å². The molecule has 1 saturated heterocycles. The molecule has 1 atom stereocenters. The number of aliphatic carboxylic acids is 1. The van der Waals surface area contributed by atoms with Crippen LogP contribution in [-0.2, 0) is 14.4 Å². The Labute approximate surface area is 148 Å². The predicted molar refractivity (Wildman–Crippen MR) is 93.5 cm³/mol. The minimum Gasteiger partial charge on any atom is -0.548 e. The van der Waals surface area contributed by atoms with Gasteiger partial charge in [-0.05, 0) is 18.1 Å². The molecule has 0 saturated carbocycles. The van der Waals surface area contributed by atoms with Crippen molar-refractivity contribution >= 4 is 52.2 Å². The number of thioether (sulfide) groups is 1. The highest BCUT2D eigenvalue weighted by Crippen LogP contribution is 2.32. The molecule has 0 unspecified atom stereocenters. The normalized spacial score (nSPS) is 17.2. The lowest BCUT2D eigenvalue weighted by Gasteiger charge is -2.20. The molecule has 6 nitrogen and oxygen atoms in total. The maximum atomic E-state index is 12.4. The SMILES string of the molecule is CC[C@@H](NC(=O)CN1C(=O)/C(=C/c2ccccc2)SC1=S)C(=O)[O-]. The van der Waals surface area contributed by atoms with Gasteiger partial charge >= 0.3 is 0 Å². The molecular formula is C16H15N2O4S2-. The van der Waals surface area contributed by atoms with Crippen LogP contribution >= 0.6 is 24.0 Å². The molecule has 0 spiro atoms. The van der Waals surface area contributed by atoms with Gasteiger partial charge in [0.15, 0.2) is 0 Å². The summed E-state index contributed by atoms with van der Waals surface area (Å²) in [5, 5.41) is 13.2. The number of rotatable bonds is 6. The number of carboxylic acids is 1. The number of thiocarbonyl (C=S) groups is 1. The van der Waals surface area contributed by atoms with Crippen LogP contribution in [0, 0.1) is 0 Å². The summed E-state index contributed by atoms with van der Waals surface area (Å²) in [4.78, 5) is 36.8. The number of carbonyl (C=O) groups excluding carboxylic acids is 3. The van der Waals surface area contributed by atoms with Crippen LogP contribution in [0.3, 0.4) is 0 Å². The highest BCUT2D eigenvalue weighted by Gasteiger charge is 2.33. The number of hydrogen-bond acceptors (Lipinski definition) is 6. The molecule has 1 aliphatic rings. The second-order valence-corrected chi connectivity index (χ2v) is 6.70. The lowest BCUT2D eigenvalue weighted by molar-refractivity contribution is -0.308. The van der Waals surface area contributed by atoms with E-state index < -0.39 is 17.9 Å².